The third-order valence-electron chi connectivity index (χ3n) is 3.69. The molecular weight excluding hydrogens is 210 g/mol. The van der Waals surface area contributed by atoms with Crippen molar-refractivity contribution in [3.05, 3.63) is 36.0 Å². The molecule has 1 aromatic carbocycles. The Morgan fingerprint density at radius 1 is 1.29 bits per heavy atom. The van der Waals surface area contributed by atoms with Crippen LogP contribution < -0.4 is 0 Å². The van der Waals surface area contributed by atoms with Gasteiger partial charge in [-0.05, 0) is 54.8 Å². The topological polar surface area (TPSA) is 14.2 Å². The molecule has 1 atom stereocenters. The SMILES string of the molecule is Cn1ccc2cc(C[C@H]3CCCCO3)ccc21. The summed E-state index contributed by atoms with van der Waals surface area (Å²) in [4.78, 5) is 0. The van der Waals surface area contributed by atoms with Gasteiger partial charge in [0.25, 0.3) is 0 Å². The molecule has 2 aromatic rings. The second-order valence-corrected chi connectivity index (χ2v) is 5.01. The number of hydrogen-bond acceptors (Lipinski definition) is 1. The Kier molecular flexibility index (Phi) is 2.89. The zero-order chi connectivity index (χ0) is 11.7. The predicted molar refractivity (Wildman–Crippen MR) is 70.2 cm³/mol. The van der Waals surface area contributed by atoms with E-state index in [9.17, 15) is 0 Å². The van der Waals surface area contributed by atoms with Crippen molar-refractivity contribution in [2.24, 2.45) is 7.05 Å². The molecule has 1 saturated heterocycles. The summed E-state index contributed by atoms with van der Waals surface area (Å²) in [5.41, 5.74) is 2.70. The van der Waals surface area contributed by atoms with Crippen LogP contribution in [0.2, 0.25) is 0 Å². The van der Waals surface area contributed by atoms with E-state index in [1.54, 1.807) is 0 Å². The molecule has 17 heavy (non-hydrogen) atoms. The average Bonchev–Trinajstić information content (AvgIpc) is 2.72. The van der Waals surface area contributed by atoms with E-state index in [2.05, 4.69) is 42.1 Å². The smallest absolute Gasteiger partial charge is 0.0615 e. The van der Waals surface area contributed by atoms with Crippen LogP contribution in [-0.4, -0.2) is 17.3 Å². The monoisotopic (exact) mass is 229 g/mol. The molecule has 1 aromatic heterocycles. The van der Waals surface area contributed by atoms with E-state index in [1.165, 1.54) is 35.7 Å². The van der Waals surface area contributed by atoms with Gasteiger partial charge < -0.3 is 9.30 Å². The number of aryl methyl sites for hydroxylation is 1. The molecule has 1 aliphatic heterocycles. The summed E-state index contributed by atoms with van der Waals surface area (Å²) in [6.07, 6.45) is 7.38. The van der Waals surface area contributed by atoms with Gasteiger partial charge in [0, 0.05) is 25.4 Å². The Morgan fingerprint density at radius 3 is 3.06 bits per heavy atom. The summed E-state index contributed by atoms with van der Waals surface area (Å²) in [6, 6.07) is 8.93. The van der Waals surface area contributed by atoms with E-state index in [0.29, 0.717) is 6.10 Å². The molecule has 0 aliphatic carbocycles. The van der Waals surface area contributed by atoms with E-state index < -0.39 is 0 Å². The second kappa shape index (κ2) is 4.53. The Labute approximate surface area is 102 Å². The lowest BCUT2D eigenvalue weighted by molar-refractivity contribution is 0.0168. The first kappa shape index (κ1) is 10.8. The standard InChI is InChI=1S/C15H19NO/c1-16-8-7-13-10-12(5-6-15(13)16)11-14-4-2-3-9-17-14/h5-8,10,14H,2-4,9,11H2,1H3/t14-/m1/s1. The van der Waals surface area contributed by atoms with Crippen LogP contribution in [-0.2, 0) is 18.2 Å². The molecule has 2 heterocycles. The largest absolute Gasteiger partial charge is 0.378 e. The highest BCUT2D eigenvalue weighted by atomic mass is 16.5. The van der Waals surface area contributed by atoms with Gasteiger partial charge in [0.1, 0.15) is 0 Å². The summed E-state index contributed by atoms with van der Waals surface area (Å²) in [5.74, 6) is 0. The van der Waals surface area contributed by atoms with Crippen molar-refractivity contribution in [2.75, 3.05) is 6.61 Å². The highest BCUT2D eigenvalue weighted by Crippen LogP contribution is 2.21. The van der Waals surface area contributed by atoms with Crippen molar-refractivity contribution < 1.29 is 4.74 Å². The molecule has 0 spiro atoms. The Balaban J connectivity index is 1.80. The third-order valence-corrected chi connectivity index (χ3v) is 3.69. The lowest BCUT2D eigenvalue weighted by atomic mass is 10.0. The van der Waals surface area contributed by atoms with Gasteiger partial charge in [-0.1, -0.05) is 6.07 Å². The molecule has 2 heteroatoms. The van der Waals surface area contributed by atoms with Gasteiger partial charge in [-0.3, -0.25) is 0 Å². The first-order valence-corrected chi connectivity index (χ1v) is 6.48. The van der Waals surface area contributed by atoms with Crippen molar-refractivity contribution >= 4 is 10.9 Å². The van der Waals surface area contributed by atoms with E-state index >= 15 is 0 Å². The van der Waals surface area contributed by atoms with Crippen molar-refractivity contribution in [3.63, 3.8) is 0 Å². The number of aromatic nitrogens is 1. The number of nitrogens with zero attached hydrogens (tertiary/aromatic N) is 1. The fourth-order valence-electron chi connectivity index (χ4n) is 2.69. The molecule has 90 valence electrons. The van der Waals surface area contributed by atoms with Crippen LogP contribution >= 0.6 is 0 Å². The maximum atomic E-state index is 5.79. The highest BCUT2D eigenvalue weighted by molar-refractivity contribution is 5.80. The van der Waals surface area contributed by atoms with Crippen molar-refractivity contribution in [1.82, 2.24) is 4.57 Å². The minimum Gasteiger partial charge on any atom is -0.378 e. The Morgan fingerprint density at radius 2 is 2.24 bits per heavy atom. The second-order valence-electron chi connectivity index (χ2n) is 5.01. The third kappa shape index (κ3) is 2.22. The fourth-order valence-corrected chi connectivity index (χ4v) is 2.69. The molecular formula is C15H19NO. The van der Waals surface area contributed by atoms with E-state index in [-0.39, 0.29) is 0 Å². The van der Waals surface area contributed by atoms with E-state index in [1.807, 2.05) is 0 Å². The van der Waals surface area contributed by atoms with Crippen LogP contribution in [0.15, 0.2) is 30.5 Å². The van der Waals surface area contributed by atoms with Gasteiger partial charge >= 0.3 is 0 Å². The normalized spacial score (nSPS) is 20.9. The van der Waals surface area contributed by atoms with Crippen LogP contribution in [0.4, 0.5) is 0 Å². The van der Waals surface area contributed by atoms with E-state index in [0.717, 1.165) is 13.0 Å². The fraction of sp³-hybridized carbons (Fsp3) is 0.467. The van der Waals surface area contributed by atoms with Crippen molar-refractivity contribution in [2.45, 2.75) is 31.8 Å². The van der Waals surface area contributed by atoms with Crippen LogP contribution in [0.25, 0.3) is 10.9 Å². The molecule has 0 N–H and O–H groups in total. The van der Waals surface area contributed by atoms with Gasteiger partial charge in [0.15, 0.2) is 0 Å². The number of hydrogen-bond donors (Lipinski definition) is 0. The molecule has 2 nitrogen and oxygen atoms in total. The molecule has 0 saturated carbocycles. The van der Waals surface area contributed by atoms with E-state index in [4.69, 9.17) is 4.74 Å². The highest BCUT2D eigenvalue weighted by Gasteiger charge is 2.14. The molecule has 0 amide bonds. The maximum absolute atomic E-state index is 5.79. The lowest BCUT2D eigenvalue weighted by Gasteiger charge is -2.22. The van der Waals surface area contributed by atoms with Gasteiger partial charge in [0.05, 0.1) is 6.10 Å². The average molecular weight is 229 g/mol. The quantitative estimate of drug-likeness (QED) is 0.770. The molecule has 0 radical (unpaired) electrons. The molecule has 3 rings (SSSR count). The zero-order valence-electron chi connectivity index (χ0n) is 10.4. The maximum Gasteiger partial charge on any atom is 0.0615 e. The minimum atomic E-state index is 0.435. The summed E-state index contributed by atoms with van der Waals surface area (Å²) in [6.45, 7) is 0.943. The molecule has 1 fully saturated rings. The van der Waals surface area contributed by atoms with Crippen LogP contribution in [0.1, 0.15) is 24.8 Å². The van der Waals surface area contributed by atoms with Crippen LogP contribution in [0, 0.1) is 0 Å². The number of benzene rings is 1. The summed E-state index contributed by atoms with van der Waals surface area (Å²) in [5, 5.41) is 1.33. The lowest BCUT2D eigenvalue weighted by Crippen LogP contribution is -2.21. The summed E-state index contributed by atoms with van der Waals surface area (Å²) < 4.78 is 7.96. The van der Waals surface area contributed by atoms with Crippen LogP contribution in [0.3, 0.4) is 0 Å². The van der Waals surface area contributed by atoms with Gasteiger partial charge in [-0.15, -0.1) is 0 Å². The van der Waals surface area contributed by atoms with Gasteiger partial charge in [-0.25, -0.2) is 0 Å². The summed E-state index contributed by atoms with van der Waals surface area (Å²) in [7, 11) is 2.09. The van der Waals surface area contributed by atoms with Gasteiger partial charge in [0.2, 0.25) is 0 Å². The van der Waals surface area contributed by atoms with Gasteiger partial charge in [-0.2, -0.15) is 0 Å². The van der Waals surface area contributed by atoms with Crippen LogP contribution in [0.5, 0.6) is 0 Å². The van der Waals surface area contributed by atoms with Crippen molar-refractivity contribution in [3.8, 4) is 0 Å². The molecule has 0 unspecified atom stereocenters. The van der Waals surface area contributed by atoms with Crippen molar-refractivity contribution in [1.29, 1.82) is 0 Å². The first-order chi connectivity index (χ1) is 8.33. The Bertz CT molecular complexity index is 509. The summed E-state index contributed by atoms with van der Waals surface area (Å²) >= 11 is 0. The molecule has 0 bridgehead atoms. The molecule has 1 aliphatic rings. The zero-order valence-corrected chi connectivity index (χ0v) is 10.4. The number of ether oxygens (including phenoxy) is 1. The number of fused-ring (bicyclic) bond motifs is 1. The number of rotatable bonds is 2. The minimum absolute atomic E-state index is 0.435. The predicted octanol–water partition coefficient (Wildman–Crippen LogP) is 3.29. The Hall–Kier alpha value is -1.28. The first-order valence-electron chi connectivity index (χ1n) is 6.48.